The number of hydrogen-bond acceptors (Lipinski definition) is 4. The summed E-state index contributed by atoms with van der Waals surface area (Å²) in [4.78, 5) is 17.5. The van der Waals surface area contributed by atoms with Crippen LogP contribution in [0.1, 0.15) is 42.3 Å². The number of furan rings is 1. The number of amides is 1. The minimum Gasteiger partial charge on any atom is -0.451 e. The number of halogens is 1. The number of carbonyl (C=O) groups excluding carboxylic acids is 1. The molecule has 0 aliphatic carbocycles. The Morgan fingerprint density at radius 3 is 2.59 bits per heavy atom. The number of fused-ring (bicyclic) bond motifs is 1. The second kappa shape index (κ2) is 9.31. The van der Waals surface area contributed by atoms with Crippen LogP contribution in [0.25, 0.3) is 33.9 Å². The van der Waals surface area contributed by atoms with Crippen molar-refractivity contribution in [3.05, 3.63) is 94.7 Å². The Balaban J connectivity index is 1.35. The fourth-order valence-corrected chi connectivity index (χ4v) is 4.03. The third kappa shape index (κ3) is 4.54. The Hall–Kier alpha value is -3.64. The van der Waals surface area contributed by atoms with Crippen molar-refractivity contribution in [3.8, 4) is 22.8 Å². The molecule has 0 fully saturated rings. The summed E-state index contributed by atoms with van der Waals surface area (Å²) in [5, 5.41) is 2.90. The van der Waals surface area contributed by atoms with Crippen molar-refractivity contribution >= 4 is 38.6 Å². The number of aromatic nitrogens is 1. The maximum atomic E-state index is 12.8. The molecule has 0 aliphatic heterocycles. The number of rotatable bonds is 6. The number of oxazole rings is 1. The minimum absolute atomic E-state index is 0.239. The fraction of sp³-hybridized carbons (Fsp3) is 0.143. The highest BCUT2D eigenvalue weighted by molar-refractivity contribution is 9.10. The quantitative estimate of drug-likeness (QED) is 0.247. The van der Waals surface area contributed by atoms with E-state index in [1.165, 1.54) is 5.56 Å². The molecule has 5 nitrogen and oxygen atoms in total. The van der Waals surface area contributed by atoms with Crippen LogP contribution in [-0.4, -0.2) is 10.9 Å². The second-order valence-electron chi connectivity index (χ2n) is 8.26. The molecule has 2 aromatic heterocycles. The van der Waals surface area contributed by atoms with Gasteiger partial charge in [-0.25, -0.2) is 4.98 Å². The van der Waals surface area contributed by atoms with E-state index in [-0.39, 0.29) is 11.7 Å². The van der Waals surface area contributed by atoms with Crippen LogP contribution in [0, 0.1) is 0 Å². The van der Waals surface area contributed by atoms with Gasteiger partial charge in [0.15, 0.2) is 11.3 Å². The normalized spacial score (nSPS) is 12.1. The summed E-state index contributed by atoms with van der Waals surface area (Å²) in [6.45, 7) is 4.38. The van der Waals surface area contributed by atoms with Crippen molar-refractivity contribution in [1.29, 1.82) is 0 Å². The Bertz CT molecular complexity index is 1470. The van der Waals surface area contributed by atoms with Gasteiger partial charge in [0.1, 0.15) is 11.3 Å². The zero-order valence-electron chi connectivity index (χ0n) is 18.8. The van der Waals surface area contributed by atoms with Gasteiger partial charge in [-0.05, 0) is 72.5 Å². The number of anilines is 1. The second-order valence-corrected chi connectivity index (χ2v) is 9.18. The van der Waals surface area contributed by atoms with Gasteiger partial charge in [0, 0.05) is 21.3 Å². The van der Waals surface area contributed by atoms with Gasteiger partial charge in [0.25, 0.3) is 5.91 Å². The summed E-state index contributed by atoms with van der Waals surface area (Å²) in [7, 11) is 0. The SMILES string of the molecule is CC[C@H](C)c1ccc2oc(-c3cccc(NC(=O)c4ccc(-c5ccc(Br)cc5)o4)c3)nc2c1. The summed E-state index contributed by atoms with van der Waals surface area (Å²) in [6, 6.07) is 24.8. The van der Waals surface area contributed by atoms with Crippen molar-refractivity contribution in [3.63, 3.8) is 0 Å². The minimum atomic E-state index is -0.323. The largest absolute Gasteiger partial charge is 0.451 e. The smallest absolute Gasteiger partial charge is 0.291 e. The maximum absolute atomic E-state index is 12.8. The number of benzene rings is 3. The molecular formula is C28H23BrN2O3. The predicted molar refractivity (Wildman–Crippen MR) is 138 cm³/mol. The Morgan fingerprint density at radius 2 is 1.79 bits per heavy atom. The highest BCUT2D eigenvalue weighted by Gasteiger charge is 2.15. The Morgan fingerprint density at radius 1 is 0.971 bits per heavy atom. The van der Waals surface area contributed by atoms with Gasteiger partial charge in [0.05, 0.1) is 0 Å². The zero-order chi connectivity index (χ0) is 23.7. The van der Waals surface area contributed by atoms with Crippen molar-refractivity contribution in [1.82, 2.24) is 4.98 Å². The molecule has 6 heteroatoms. The summed E-state index contributed by atoms with van der Waals surface area (Å²) >= 11 is 3.42. The highest BCUT2D eigenvalue weighted by atomic mass is 79.9. The lowest BCUT2D eigenvalue weighted by molar-refractivity contribution is 0.0997. The average Bonchev–Trinajstić information content (AvgIpc) is 3.51. The lowest BCUT2D eigenvalue weighted by Gasteiger charge is -2.07. The molecule has 0 saturated heterocycles. The molecule has 3 aromatic carbocycles. The molecule has 34 heavy (non-hydrogen) atoms. The van der Waals surface area contributed by atoms with Crippen LogP contribution in [0.2, 0.25) is 0 Å². The predicted octanol–water partition coefficient (Wildman–Crippen LogP) is 8.28. The third-order valence-corrected chi connectivity index (χ3v) is 6.45. The molecule has 0 spiro atoms. The van der Waals surface area contributed by atoms with Crippen LogP contribution in [-0.2, 0) is 0 Å². The van der Waals surface area contributed by atoms with Crippen LogP contribution < -0.4 is 5.32 Å². The van der Waals surface area contributed by atoms with Crippen LogP contribution in [0.15, 0.2) is 92.2 Å². The van der Waals surface area contributed by atoms with Crippen LogP contribution in [0.3, 0.4) is 0 Å². The lowest BCUT2D eigenvalue weighted by atomic mass is 9.98. The lowest BCUT2D eigenvalue weighted by Crippen LogP contribution is -2.10. The van der Waals surface area contributed by atoms with Crippen molar-refractivity contribution in [2.24, 2.45) is 0 Å². The van der Waals surface area contributed by atoms with E-state index >= 15 is 0 Å². The van der Waals surface area contributed by atoms with Crippen LogP contribution in [0.5, 0.6) is 0 Å². The fourth-order valence-electron chi connectivity index (χ4n) is 3.76. The number of nitrogens with zero attached hydrogens (tertiary/aromatic N) is 1. The first kappa shape index (κ1) is 22.2. The van der Waals surface area contributed by atoms with E-state index in [4.69, 9.17) is 8.83 Å². The number of hydrogen-bond donors (Lipinski definition) is 1. The average molecular weight is 515 g/mol. The first-order valence-electron chi connectivity index (χ1n) is 11.2. The topological polar surface area (TPSA) is 68.3 Å². The van der Waals surface area contributed by atoms with Crippen LogP contribution >= 0.6 is 15.9 Å². The van der Waals surface area contributed by atoms with Crippen molar-refractivity contribution in [2.75, 3.05) is 5.32 Å². The molecule has 170 valence electrons. The van der Waals surface area contributed by atoms with E-state index in [0.717, 1.165) is 33.1 Å². The molecule has 2 heterocycles. The highest BCUT2D eigenvalue weighted by Crippen LogP contribution is 2.29. The van der Waals surface area contributed by atoms with E-state index in [0.29, 0.717) is 23.3 Å². The molecule has 1 amide bonds. The van der Waals surface area contributed by atoms with Gasteiger partial charge >= 0.3 is 0 Å². The molecule has 0 saturated carbocycles. The number of carbonyl (C=O) groups is 1. The molecule has 5 rings (SSSR count). The monoisotopic (exact) mass is 514 g/mol. The van der Waals surface area contributed by atoms with E-state index in [1.807, 2.05) is 54.6 Å². The van der Waals surface area contributed by atoms with E-state index in [9.17, 15) is 4.79 Å². The Labute approximate surface area is 205 Å². The number of nitrogens with one attached hydrogen (secondary N) is 1. The van der Waals surface area contributed by atoms with Gasteiger partial charge in [-0.1, -0.05) is 54.0 Å². The zero-order valence-corrected chi connectivity index (χ0v) is 20.4. The summed E-state index contributed by atoms with van der Waals surface area (Å²) < 4.78 is 12.7. The maximum Gasteiger partial charge on any atom is 0.291 e. The van der Waals surface area contributed by atoms with Crippen LogP contribution in [0.4, 0.5) is 5.69 Å². The van der Waals surface area contributed by atoms with Gasteiger partial charge in [-0.3, -0.25) is 4.79 Å². The summed E-state index contributed by atoms with van der Waals surface area (Å²) in [6.07, 6.45) is 1.07. The molecular weight excluding hydrogens is 492 g/mol. The molecule has 0 aliphatic rings. The summed E-state index contributed by atoms with van der Waals surface area (Å²) in [5.41, 5.74) is 5.14. The molecule has 0 bridgehead atoms. The molecule has 1 N–H and O–H groups in total. The standard InChI is InChI=1S/C28H23BrN2O3/c1-3-17(2)19-9-12-25-23(16-19)31-28(34-25)20-5-4-6-22(15-20)30-27(32)26-14-13-24(33-26)18-7-10-21(29)11-8-18/h4-17H,3H2,1-2H3,(H,30,32)/t17-/m0/s1. The summed E-state index contributed by atoms with van der Waals surface area (Å²) in [5.74, 6) is 1.53. The van der Waals surface area contributed by atoms with Crippen molar-refractivity contribution in [2.45, 2.75) is 26.2 Å². The molecule has 0 unspecified atom stereocenters. The van der Waals surface area contributed by atoms with E-state index in [2.05, 4.69) is 52.2 Å². The van der Waals surface area contributed by atoms with Gasteiger partial charge in [-0.2, -0.15) is 0 Å². The van der Waals surface area contributed by atoms with E-state index < -0.39 is 0 Å². The Kier molecular flexibility index (Phi) is 6.07. The first-order chi connectivity index (χ1) is 16.5. The molecule has 5 aromatic rings. The first-order valence-corrected chi connectivity index (χ1v) is 12.0. The van der Waals surface area contributed by atoms with E-state index in [1.54, 1.807) is 12.1 Å². The van der Waals surface area contributed by atoms with Gasteiger partial charge < -0.3 is 14.2 Å². The third-order valence-electron chi connectivity index (χ3n) is 5.92. The molecule has 1 atom stereocenters. The van der Waals surface area contributed by atoms with Crippen molar-refractivity contribution < 1.29 is 13.6 Å². The van der Waals surface area contributed by atoms with Gasteiger partial charge in [-0.15, -0.1) is 0 Å². The van der Waals surface area contributed by atoms with Gasteiger partial charge in [0.2, 0.25) is 5.89 Å². The molecule has 0 radical (unpaired) electrons.